The number of oxazole rings is 1. The summed E-state index contributed by atoms with van der Waals surface area (Å²) < 4.78 is 11.7. The zero-order valence-electron chi connectivity index (χ0n) is 15.4. The monoisotopic (exact) mass is 378 g/mol. The van der Waals surface area contributed by atoms with Crippen LogP contribution in [0.4, 0.5) is 0 Å². The molecule has 0 aliphatic carbocycles. The lowest BCUT2D eigenvalue weighted by Gasteiger charge is -2.05. The number of carbonyl (C=O) groups is 1. The van der Waals surface area contributed by atoms with Crippen molar-refractivity contribution < 1.29 is 13.7 Å². The molecule has 142 valence electrons. The molecule has 0 atom stereocenters. The largest absolute Gasteiger partial charge is 0.420 e. The molecule has 0 fully saturated rings. The summed E-state index contributed by atoms with van der Waals surface area (Å²) in [5, 5.41) is 6.56. The van der Waals surface area contributed by atoms with Gasteiger partial charge in [0.15, 0.2) is 11.4 Å². The minimum Gasteiger partial charge on any atom is -0.408 e. The Morgan fingerprint density at radius 2 is 2.00 bits per heavy atom. The Morgan fingerprint density at radius 3 is 2.82 bits per heavy atom. The summed E-state index contributed by atoms with van der Waals surface area (Å²) >= 11 is 0. The second-order valence-electron chi connectivity index (χ2n) is 6.55. The van der Waals surface area contributed by atoms with Crippen LogP contribution in [-0.4, -0.2) is 20.6 Å². The second kappa shape index (κ2) is 7.15. The number of benzene rings is 2. The number of hydrogen-bond donors (Lipinski definition) is 1. The number of aromatic nitrogens is 3. The molecule has 28 heavy (non-hydrogen) atoms. The van der Waals surface area contributed by atoms with E-state index >= 15 is 0 Å². The first kappa shape index (κ1) is 17.7. The highest BCUT2D eigenvalue weighted by Gasteiger charge is 2.17. The fraction of sp³-hybridized carbons (Fsp3) is 0.200. The van der Waals surface area contributed by atoms with E-state index < -0.39 is 11.7 Å². The molecule has 0 radical (unpaired) electrons. The summed E-state index contributed by atoms with van der Waals surface area (Å²) in [6.07, 6.45) is 0. The van der Waals surface area contributed by atoms with Crippen LogP contribution in [0.15, 0.2) is 56.2 Å². The molecule has 0 aliphatic rings. The van der Waals surface area contributed by atoms with Crippen LogP contribution in [-0.2, 0) is 13.1 Å². The predicted octanol–water partition coefficient (Wildman–Crippen LogP) is 2.57. The maximum absolute atomic E-state index is 12.3. The van der Waals surface area contributed by atoms with Gasteiger partial charge in [-0.15, -0.1) is 0 Å². The molecule has 4 aromatic rings. The highest BCUT2D eigenvalue weighted by atomic mass is 16.5. The molecule has 0 aliphatic heterocycles. The lowest BCUT2D eigenvalue weighted by Crippen LogP contribution is -2.23. The van der Waals surface area contributed by atoms with E-state index in [2.05, 4.69) is 15.5 Å². The molecule has 2 heterocycles. The average molecular weight is 378 g/mol. The van der Waals surface area contributed by atoms with Gasteiger partial charge < -0.3 is 14.3 Å². The van der Waals surface area contributed by atoms with Crippen molar-refractivity contribution in [3.8, 4) is 0 Å². The van der Waals surface area contributed by atoms with Crippen LogP contribution < -0.4 is 11.1 Å². The molecule has 0 saturated heterocycles. The van der Waals surface area contributed by atoms with Crippen LogP contribution in [0, 0.1) is 13.8 Å². The lowest BCUT2D eigenvalue weighted by molar-refractivity contribution is 0.0907. The van der Waals surface area contributed by atoms with Gasteiger partial charge in [-0.3, -0.25) is 9.36 Å². The smallest absolute Gasteiger partial charge is 0.408 e. The van der Waals surface area contributed by atoms with Crippen molar-refractivity contribution in [3.63, 3.8) is 0 Å². The number of nitrogens with zero attached hydrogens (tertiary/aromatic N) is 3. The predicted molar refractivity (Wildman–Crippen MR) is 101 cm³/mol. The number of aryl methyl sites for hydroxylation is 2. The van der Waals surface area contributed by atoms with Gasteiger partial charge in [0, 0.05) is 6.54 Å². The molecular weight excluding hydrogens is 360 g/mol. The second-order valence-corrected chi connectivity index (χ2v) is 6.55. The minimum absolute atomic E-state index is 0.0455. The SMILES string of the molecule is Cc1ccc2oc(=O)n(Cc3noc(C(=O)NCc4ccccc4C)n3)c2c1. The van der Waals surface area contributed by atoms with Gasteiger partial charge in [-0.25, -0.2) is 4.79 Å². The summed E-state index contributed by atoms with van der Waals surface area (Å²) in [5.41, 5.74) is 4.19. The normalized spacial score (nSPS) is 11.1. The van der Waals surface area contributed by atoms with E-state index in [9.17, 15) is 9.59 Å². The molecule has 2 aromatic carbocycles. The first-order chi connectivity index (χ1) is 13.5. The fourth-order valence-corrected chi connectivity index (χ4v) is 2.93. The number of rotatable bonds is 5. The van der Waals surface area contributed by atoms with E-state index in [1.54, 1.807) is 6.07 Å². The Kier molecular flexibility index (Phi) is 4.52. The highest BCUT2D eigenvalue weighted by Crippen LogP contribution is 2.15. The van der Waals surface area contributed by atoms with Crippen LogP contribution in [0.1, 0.15) is 33.2 Å². The fourth-order valence-electron chi connectivity index (χ4n) is 2.93. The summed E-state index contributed by atoms with van der Waals surface area (Å²) in [5.74, 6) is -0.925. The quantitative estimate of drug-likeness (QED) is 0.572. The maximum Gasteiger partial charge on any atom is 0.420 e. The van der Waals surface area contributed by atoms with Gasteiger partial charge in [0.05, 0.1) is 12.1 Å². The third-order valence-electron chi connectivity index (χ3n) is 4.49. The third kappa shape index (κ3) is 3.44. The molecule has 0 saturated carbocycles. The van der Waals surface area contributed by atoms with E-state index in [1.807, 2.05) is 50.2 Å². The van der Waals surface area contributed by atoms with Crippen molar-refractivity contribution in [3.05, 3.63) is 81.4 Å². The molecule has 4 rings (SSSR count). The highest BCUT2D eigenvalue weighted by molar-refractivity contribution is 5.89. The lowest BCUT2D eigenvalue weighted by atomic mass is 10.1. The summed E-state index contributed by atoms with van der Waals surface area (Å²) in [6, 6.07) is 13.2. The van der Waals surface area contributed by atoms with Crippen molar-refractivity contribution in [2.24, 2.45) is 0 Å². The first-order valence-corrected chi connectivity index (χ1v) is 8.76. The molecule has 1 amide bonds. The third-order valence-corrected chi connectivity index (χ3v) is 4.49. The van der Waals surface area contributed by atoms with Crippen LogP contribution in [0.25, 0.3) is 11.1 Å². The van der Waals surface area contributed by atoms with Gasteiger partial charge in [-0.2, -0.15) is 4.98 Å². The summed E-state index contributed by atoms with van der Waals surface area (Å²) in [7, 11) is 0. The van der Waals surface area contributed by atoms with E-state index in [-0.39, 0.29) is 18.3 Å². The maximum atomic E-state index is 12.3. The topological polar surface area (TPSA) is 103 Å². The van der Waals surface area contributed by atoms with Gasteiger partial charge in [0.2, 0.25) is 0 Å². The molecule has 0 bridgehead atoms. The molecule has 0 unspecified atom stereocenters. The van der Waals surface area contributed by atoms with Gasteiger partial charge in [-0.1, -0.05) is 35.5 Å². The van der Waals surface area contributed by atoms with Crippen LogP contribution in [0.5, 0.6) is 0 Å². The zero-order chi connectivity index (χ0) is 19.7. The van der Waals surface area contributed by atoms with Gasteiger partial charge in [0.1, 0.15) is 0 Å². The summed E-state index contributed by atoms with van der Waals surface area (Å²) in [4.78, 5) is 28.5. The number of amides is 1. The Balaban J connectivity index is 1.50. The van der Waals surface area contributed by atoms with Gasteiger partial charge in [-0.05, 0) is 42.7 Å². The number of nitrogens with one attached hydrogen (secondary N) is 1. The average Bonchev–Trinajstić information content (AvgIpc) is 3.26. The molecule has 1 N–H and O–H groups in total. The summed E-state index contributed by atoms with van der Waals surface area (Å²) in [6.45, 7) is 4.30. The van der Waals surface area contributed by atoms with Crippen LogP contribution in [0.2, 0.25) is 0 Å². The minimum atomic E-state index is -0.518. The molecule has 2 aromatic heterocycles. The van der Waals surface area contributed by atoms with E-state index in [0.717, 1.165) is 16.7 Å². The molecule has 0 spiro atoms. The van der Waals surface area contributed by atoms with E-state index in [1.165, 1.54) is 4.57 Å². The van der Waals surface area contributed by atoms with Crippen LogP contribution in [0.3, 0.4) is 0 Å². The molecule has 8 heteroatoms. The van der Waals surface area contributed by atoms with Crippen molar-refractivity contribution in [2.45, 2.75) is 26.9 Å². The standard InChI is InChI=1S/C20H18N4O4/c1-12-7-8-16-15(9-12)24(20(26)27-16)11-17-22-19(28-23-17)18(25)21-10-14-6-4-3-5-13(14)2/h3-9H,10-11H2,1-2H3,(H,21,25). The molecule has 8 nitrogen and oxygen atoms in total. The Labute approximate surface area is 159 Å². The zero-order valence-corrected chi connectivity index (χ0v) is 15.4. The van der Waals surface area contributed by atoms with E-state index in [0.29, 0.717) is 17.6 Å². The Morgan fingerprint density at radius 1 is 1.18 bits per heavy atom. The van der Waals surface area contributed by atoms with Crippen molar-refractivity contribution >= 4 is 17.0 Å². The Hall–Kier alpha value is -3.68. The van der Waals surface area contributed by atoms with Gasteiger partial charge >= 0.3 is 17.6 Å². The van der Waals surface area contributed by atoms with Gasteiger partial charge in [0.25, 0.3) is 0 Å². The van der Waals surface area contributed by atoms with E-state index in [4.69, 9.17) is 8.94 Å². The Bertz CT molecular complexity index is 1220. The van der Waals surface area contributed by atoms with Crippen molar-refractivity contribution in [1.82, 2.24) is 20.0 Å². The van der Waals surface area contributed by atoms with Crippen molar-refractivity contribution in [1.29, 1.82) is 0 Å². The number of fused-ring (bicyclic) bond motifs is 1. The number of hydrogen-bond acceptors (Lipinski definition) is 6. The van der Waals surface area contributed by atoms with Crippen molar-refractivity contribution in [2.75, 3.05) is 0 Å². The molecular formula is C20H18N4O4. The number of carbonyl (C=O) groups excluding carboxylic acids is 1. The first-order valence-electron chi connectivity index (χ1n) is 8.76. The van der Waals surface area contributed by atoms with Crippen LogP contribution >= 0.6 is 0 Å².